The van der Waals surface area contributed by atoms with Crippen molar-refractivity contribution in [3.8, 4) is 0 Å². The largest absolute Gasteiger partial charge is 0.302 e. The van der Waals surface area contributed by atoms with Crippen LogP contribution in [0.3, 0.4) is 0 Å². The predicted molar refractivity (Wildman–Crippen MR) is 85.9 cm³/mol. The van der Waals surface area contributed by atoms with Gasteiger partial charge in [0.15, 0.2) is 0 Å². The van der Waals surface area contributed by atoms with Crippen LogP contribution in [0.2, 0.25) is 0 Å². The zero-order chi connectivity index (χ0) is 14.2. The zero-order valence-electron chi connectivity index (χ0n) is 13.9. The normalized spacial score (nSPS) is 30.0. The monoisotopic (exact) mass is 278 g/mol. The van der Waals surface area contributed by atoms with Crippen molar-refractivity contribution in [2.24, 2.45) is 17.3 Å². The van der Waals surface area contributed by atoms with Crippen LogP contribution in [0.4, 0.5) is 0 Å². The Morgan fingerprint density at radius 1 is 1.00 bits per heavy atom. The number of hydrogen-bond acceptors (Lipinski definition) is 2. The van der Waals surface area contributed by atoms with Gasteiger partial charge in [0.05, 0.1) is 0 Å². The summed E-state index contributed by atoms with van der Waals surface area (Å²) >= 11 is 0. The molecule has 2 heteroatoms. The van der Waals surface area contributed by atoms with Crippen molar-refractivity contribution < 1.29 is 0 Å². The molecule has 2 heterocycles. The molecule has 0 aromatic carbocycles. The molecule has 2 saturated heterocycles. The van der Waals surface area contributed by atoms with Crippen LogP contribution in [0.25, 0.3) is 0 Å². The Morgan fingerprint density at radius 2 is 1.60 bits per heavy atom. The van der Waals surface area contributed by atoms with Gasteiger partial charge in [-0.05, 0) is 75.4 Å². The fourth-order valence-corrected chi connectivity index (χ4v) is 4.97. The Bertz CT molecular complexity index is 301. The smallest absolute Gasteiger partial charge is 0.00957 e. The van der Waals surface area contributed by atoms with Gasteiger partial charge >= 0.3 is 0 Å². The average molecular weight is 278 g/mol. The summed E-state index contributed by atoms with van der Waals surface area (Å²) in [5.74, 6) is 1.88. The van der Waals surface area contributed by atoms with Gasteiger partial charge in [-0.2, -0.15) is 0 Å². The summed E-state index contributed by atoms with van der Waals surface area (Å²) in [5.41, 5.74) is 0.739. The molecule has 3 fully saturated rings. The van der Waals surface area contributed by atoms with Crippen molar-refractivity contribution >= 4 is 0 Å². The molecule has 1 spiro atoms. The highest BCUT2D eigenvalue weighted by Gasteiger charge is 2.45. The standard InChI is InChI=1S/C18H34N2/c1-4-19-13-18(14-19)9-5-17(6-10-18)20-11-7-16(8-12-20)15(2)3/h15-17H,4-14H2,1-3H3. The van der Waals surface area contributed by atoms with Gasteiger partial charge in [-0.3, -0.25) is 0 Å². The molecule has 0 atom stereocenters. The summed E-state index contributed by atoms with van der Waals surface area (Å²) in [6, 6.07) is 0.921. The molecular formula is C18H34N2. The number of likely N-dealkylation sites (tertiary alicyclic amines) is 2. The highest BCUT2D eigenvalue weighted by Crippen LogP contribution is 2.45. The third-order valence-corrected chi connectivity index (χ3v) is 6.61. The van der Waals surface area contributed by atoms with Crippen molar-refractivity contribution in [3.05, 3.63) is 0 Å². The van der Waals surface area contributed by atoms with Crippen LogP contribution in [-0.4, -0.2) is 48.6 Å². The molecule has 1 aliphatic carbocycles. The topological polar surface area (TPSA) is 6.48 Å². The average Bonchev–Trinajstić information content (AvgIpc) is 2.45. The third kappa shape index (κ3) is 2.92. The molecule has 1 saturated carbocycles. The van der Waals surface area contributed by atoms with Crippen molar-refractivity contribution in [2.45, 2.75) is 65.3 Å². The third-order valence-electron chi connectivity index (χ3n) is 6.61. The molecule has 116 valence electrons. The van der Waals surface area contributed by atoms with E-state index >= 15 is 0 Å². The molecular weight excluding hydrogens is 244 g/mol. The molecule has 0 bridgehead atoms. The van der Waals surface area contributed by atoms with E-state index in [0.29, 0.717) is 0 Å². The first-order valence-electron chi connectivity index (χ1n) is 9.08. The van der Waals surface area contributed by atoms with Gasteiger partial charge in [-0.25, -0.2) is 0 Å². The van der Waals surface area contributed by atoms with E-state index in [9.17, 15) is 0 Å². The Hall–Kier alpha value is -0.0800. The molecule has 2 aliphatic heterocycles. The van der Waals surface area contributed by atoms with Crippen molar-refractivity contribution in [2.75, 3.05) is 32.7 Å². The maximum atomic E-state index is 2.84. The second kappa shape index (κ2) is 5.96. The number of nitrogens with zero attached hydrogens (tertiary/aromatic N) is 2. The van der Waals surface area contributed by atoms with Crippen LogP contribution in [-0.2, 0) is 0 Å². The summed E-state index contributed by atoms with van der Waals surface area (Å²) in [4.78, 5) is 5.45. The van der Waals surface area contributed by atoms with Crippen LogP contribution in [0.5, 0.6) is 0 Å². The lowest BCUT2D eigenvalue weighted by Gasteiger charge is -2.55. The van der Waals surface area contributed by atoms with E-state index in [2.05, 4.69) is 30.6 Å². The lowest BCUT2D eigenvalue weighted by Crippen LogP contribution is -2.58. The predicted octanol–water partition coefficient (Wildman–Crippen LogP) is 3.62. The second-order valence-corrected chi connectivity index (χ2v) is 8.15. The summed E-state index contributed by atoms with van der Waals surface area (Å²) < 4.78 is 0. The quantitative estimate of drug-likeness (QED) is 0.778. The Morgan fingerprint density at radius 3 is 2.10 bits per heavy atom. The fraction of sp³-hybridized carbons (Fsp3) is 1.00. The molecule has 0 N–H and O–H groups in total. The zero-order valence-corrected chi connectivity index (χ0v) is 13.9. The molecule has 0 aromatic heterocycles. The van der Waals surface area contributed by atoms with Gasteiger partial charge < -0.3 is 9.80 Å². The molecule has 0 amide bonds. The van der Waals surface area contributed by atoms with Gasteiger partial charge in [-0.1, -0.05) is 20.8 Å². The molecule has 0 aromatic rings. The van der Waals surface area contributed by atoms with Gasteiger partial charge in [0.2, 0.25) is 0 Å². The van der Waals surface area contributed by atoms with Crippen molar-refractivity contribution in [1.82, 2.24) is 9.80 Å². The minimum absolute atomic E-state index is 0.739. The van der Waals surface area contributed by atoms with Crippen LogP contribution in [0.15, 0.2) is 0 Å². The molecule has 3 aliphatic rings. The Balaban J connectivity index is 1.43. The van der Waals surface area contributed by atoms with Gasteiger partial charge in [0.1, 0.15) is 0 Å². The first-order chi connectivity index (χ1) is 9.62. The minimum atomic E-state index is 0.739. The van der Waals surface area contributed by atoms with Gasteiger partial charge in [0, 0.05) is 19.1 Å². The van der Waals surface area contributed by atoms with E-state index in [4.69, 9.17) is 0 Å². The van der Waals surface area contributed by atoms with E-state index in [0.717, 1.165) is 23.3 Å². The molecule has 2 nitrogen and oxygen atoms in total. The lowest BCUT2D eigenvalue weighted by atomic mass is 9.67. The highest BCUT2D eigenvalue weighted by molar-refractivity contribution is 4.99. The SMILES string of the molecule is CCN1CC2(CCC(N3CCC(C(C)C)CC3)CC2)C1. The Labute approximate surface area is 125 Å². The summed E-state index contributed by atoms with van der Waals surface area (Å²) in [6.07, 6.45) is 8.84. The number of piperidine rings is 1. The molecule has 3 rings (SSSR count). The van der Waals surface area contributed by atoms with Crippen molar-refractivity contribution in [3.63, 3.8) is 0 Å². The van der Waals surface area contributed by atoms with Crippen LogP contribution < -0.4 is 0 Å². The van der Waals surface area contributed by atoms with E-state index in [1.807, 2.05) is 0 Å². The van der Waals surface area contributed by atoms with E-state index in [1.165, 1.54) is 71.2 Å². The summed E-state index contributed by atoms with van der Waals surface area (Å²) in [6.45, 7) is 13.9. The van der Waals surface area contributed by atoms with Crippen LogP contribution >= 0.6 is 0 Å². The van der Waals surface area contributed by atoms with Crippen LogP contribution in [0.1, 0.15) is 59.3 Å². The van der Waals surface area contributed by atoms with Crippen LogP contribution in [0, 0.1) is 17.3 Å². The summed E-state index contributed by atoms with van der Waals surface area (Å²) in [5, 5.41) is 0. The van der Waals surface area contributed by atoms with Gasteiger partial charge in [-0.15, -0.1) is 0 Å². The van der Waals surface area contributed by atoms with E-state index in [1.54, 1.807) is 0 Å². The summed E-state index contributed by atoms with van der Waals surface area (Å²) in [7, 11) is 0. The highest BCUT2D eigenvalue weighted by atomic mass is 15.2. The molecule has 0 unspecified atom stereocenters. The van der Waals surface area contributed by atoms with E-state index < -0.39 is 0 Å². The molecule has 20 heavy (non-hydrogen) atoms. The Kier molecular flexibility index (Phi) is 4.42. The maximum Gasteiger partial charge on any atom is 0.00957 e. The van der Waals surface area contributed by atoms with Crippen molar-refractivity contribution in [1.29, 1.82) is 0 Å². The van der Waals surface area contributed by atoms with E-state index in [-0.39, 0.29) is 0 Å². The first kappa shape index (κ1) is 14.8. The molecule has 0 radical (unpaired) electrons. The number of rotatable bonds is 3. The maximum absolute atomic E-state index is 2.84. The van der Waals surface area contributed by atoms with Gasteiger partial charge in [0.25, 0.3) is 0 Å². The first-order valence-corrected chi connectivity index (χ1v) is 9.08. The second-order valence-electron chi connectivity index (χ2n) is 8.15. The fourth-order valence-electron chi connectivity index (χ4n) is 4.97. The number of hydrogen-bond donors (Lipinski definition) is 0. The lowest BCUT2D eigenvalue weighted by molar-refractivity contribution is -0.0459. The minimum Gasteiger partial charge on any atom is -0.302 e.